The first-order chi connectivity index (χ1) is 6.49. The second-order valence-electron chi connectivity index (χ2n) is 2.33. The number of rotatable bonds is 1. The molecule has 0 aliphatic rings. The van der Waals surface area contributed by atoms with Crippen LogP contribution < -0.4 is 0 Å². The van der Waals surface area contributed by atoms with Crippen LogP contribution in [0.5, 0.6) is 0 Å². The maximum Gasteiger partial charge on any atom is 0.338 e. The van der Waals surface area contributed by atoms with E-state index in [0.717, 1.165) is 0 Å². The van der Waals surface area contributed by atoms with Gasteiger partial charge in [0, 0.05) is 0 Å². The van der Waals surface area contributed by atoms with Crippen LogP contribution in [0.1, 0.15) is 15.9 Å². The zero-order valence-corrected chi connectivity index (χ0v) is 6.51. The maximum absolute atomic E-state index is 12.7. The first-order valence-corrected chi connectivity index (χ1v) is 3.30. The second kappa shape index (κ2) is 3.38. The molecule has 1 N–H and O–H groups in total. The van der Waals surface area contributed by atoms with Crippen LogP contribution in [0.2, 0.25) is 0 Å². The van der Waals surface area contributed by atoms with Crippen molar-refractivity contribution in [3.63, 3.8) is 0 Å². The highest BCUT2D eigenvalue weighted by molar-refractivity contribution is 5.88. The van der Waals surface area contributed by atoms with Crippen molar-refractivity contribution in [1.29, 1.82) is 5.26 Å². The van der Waals surface area contributed by atoms with Crippen LogP contribution >= 0.6 is 0 Å². The van der Waals surface area contributed by atoms with Crippen molar-refractivity contribution in [1.82, 2.24) is 0 Å². The SMILES string of the molecule is N#Cc1cc(C(=O)O)c(F)c(F)c1F. The van der Waals surface area contributed by atoms with Crippen molar-refractivity contribution in [3.8, 4) is 6.07 Å². The maximum atomic E-state index is 12.7. The van der Waals surface area contributed by atoms with Crippen molar-refractivity contribution in [3.05, 3.63) is 34.6 Å². The van der Waals surface area contributed by atoms with Gasteiger partial charge in [0.1, 0.15) is 6.07 Å². The van der Waals surface area contributed by atoms with Crippen LogP contribution in [0.4, 0.5) is 13.2 Å². The van der Waals surface area contributed by atoms with Gasteiger partial charge in [-0.2, -0.15) is 5.26 Å². The van der Waals surface area contributed by atoms with Gasteiger partial charge in [-0.1, -0.05) is 0 Å². The zero-order valence-electron chi connectivity index (χ0n) is 6.51. The largest absolute Gasteiger partial charge is 0.478 e. The molecule has 0 unspecified atom stereocenters. The molecule has 72 valence electrons. The number of carbonyl (C=O) groups is 1. The number of carboxylic acids is 1. The molecular weight excluding hydrogens is 199 g/mol. The molecule has 0 fully saturated rings. The van der Waals surface area contributed by atoms with Crippen LogP contribution in [0.25, 0.3) is 0 Å². The summed E-state index contributed by atoms with van der Waals surface area (Å²) in [5.41, 5.74) is -1.92. The predicted octanol–water partition coefficient (Wildman–Crippen LogP) is 1.67. The van der Waals surface area contributed by atoms with Crippen LogP contribution in [0.15, 0.2) is 6.07 Å². The quantitative estimate of drug-likeness (QED) is 0.703. The summed E-state index contributed by atoms with van der Waals surface area (Å²) in [6.45, 7) is 0. The molecule has 0 heterocycles. The van der Waals surface area contributed by atoms with Gasteiger partial charge >= 0.3 is 5.97 Å². The van der Waals surface area contributed by atoms with E-state index in [9.17, 15) is 18.0 Å². The van der Waals surface area contributed by atoms with Gasteiger partial charge in [-0.05, 0) is 6.07 Å². The third kappa shape index (κ3) is 1.40. The molecule has 0 saturated carbocycles. The Balaban J connectivity index is 3.59. The van der Waals surface area contributed by atoms with E-state index in [-0.39, 0.29) is 0 Å². The Morgan fingerprint density at radius 2 is 1.86 bits per heavy atom. The van der Waals surface area contributed by atoms with Gasteiger partial charge < -0.3 is 5.11 Å². The molecular formula is C8H2F3NO2. The van der Waals surface area contributed by atoms with Gasteiger partial charge in [0.15, 0.2) is 17.5 Å². The molecule has 0 amide bonds. The molecule has 0 radical (unpaired) electrons. The third-order valence-corrected chi connectivity index (χ3v) is 1.50. The molecule has 0 spiro atoms. The number of benzene rings is 1. The fourth-order valence-corrected chi connectivity index (χ4v) is 0.841. The minimum Gasteiger partial charge on any atom is -0.478 e. The second-order valence-corrected chi connectivity index (χ2v) is 2.33. The van der Waals surface area contributed by atoms with Gasteiger partial charge in [0.25, 0.3) is 0 Å². The fourth-order valence-electron chi connectivity index (χ4n) is 0.841. The number of nitrogens with zero attached hydrogens (tertiary/aromatic N) is 1. The van der Waals surface area contributed by atoms with Crippen LogP contribution in [-0.4, -0.2) is 11.1 Å². The minimum absolute atomic E-state index is 0.441. The van der Waals surface area contributed by atoms with Crippen molar-refractivity contribution < 1.29 is 23.1 Å². The molecule has 1 rings (SSSR count). The van der Waals surface area contributed by atoms with Crippen LogP contribution in [0, 0.1) is 28.8 Å². The smallest absolute Gasteiger partial charge is 0.338 e. The summed E-state index contributed by atoms with van der Waals surface area (Å²) in [4.78, 5) is 10.3. The van der Waals surface area contributed by atoms with Gasteiger partial charge in [0.05, 0.1) is 11.1 Å². The lowest BCUT2D eigenvalue weighted by Crippen LogP contribution is -2.06. The Hall–Kier alpha value is -2.03. The minimum atomic E-state index is -1.96. The van der Waals surface area contributed by atoms with Crippen molar-refractivity contribution >= 4 is 5.97 Å². The van der Waals surface area contributed by atoms with Gasteiger partial charge in [-0.15, -0.1) is 0 Å². The molecule has 6 heteroatoms. The van der Waals surface area contributed by atoms with Gasteiger partial charge in [-0.3, -0.25) is 0 Å². The molecule has 3 nitrogen and oxygen atoms in total. The summed E-state index contributed by atoms with van der Waals surface area (Å²) in [5.74, 6) is -7.22. The highest BCUT2D eigenvalue weighted by Gasteiger charge is 2.22. The monoisotopic (exact) mass is 201 g/mol. The van der Waals surface area contributed by atoms with E-state index in [4.69, 9.17) is 10.4 Å². The molecule has 0 atom stereocenters. The zero-order chi connectivity index (χ0) is 10.9. The number of hydrogen-bond donors (Lipinski definition) is 1. The average molecular weight is 201 g/mol. The molecule has 0 aliphatic heterocycles. The van der Waals surface area contributed by atoms with E-state index in [1.807, 2.05) is 0 Å². The Morgan fingerprint density at radius 3 is 2.29 bits per heavy atom. The number of nitriles is 1. The summed E-state index contributed by atoms with van der Waals surface area (Å²) in [6, 6.07) is 1.65. The summed E-state index contributed by atoms with van der Waals surface area (Å²) in [7, 11) is 0. The van der Waals surface area contributed by atoms with Gasteiger partial charge in [0.2, 0.25) is 0 Å². The predicted molar refractivity (Wildman–Crippen MR) is 38.0 cm³/mol. The van der Waals surface area contributed by atoms with E-state index >= 15 is 0 Å². The van der Waals surface area contributed by atoms with E-state index in [0.29, 0.717) is 6.07 Å². The highest BCUT2D eigenvalue weighted by atomic mass is 19.2. The highest BCUT2D eigenvalue weighted by Crippen LogP contribution is 2.19. The van der Waals surface area contributed by atoms with Crippen LogP contribution in [0.3, 0.4) is 0 Å². The van der Waals surface area contributed by atoms with Crippen LogP contribution in [-0.2, 0) is 0 Å². The number of aromatic carboxylic acids is 1. The van der Waals surface area contributed by atoms with E-state index in [1.165, 1.54) is 6.07 Å². The molecule has 0 saturated heterocycles. The summed E-state index contributed by atoms with van der Waals surface area (Å²) < 4.78 is 38.0. The molecule has 0 aromatic heterocycles. The van der Waals surface area contributed by atoms with Crippen molar-refractivity contribution in [2.24, 2.45) is 0 Å². The first-order valence-electron chi connectivity index (χ1n) is 3.30. The van der Waals surface area contributed by atoms with E-state index < -0.39 is 34.5 Å². The number of carboxylic acid groups (broad SMARTS) is 1. The Labute approximate surface area is 76.0 Å². The number of hydrogen-bond acceptors (Lipinski definition) is 2. The van der Waals surface area contributed by atoms with Crippen molar-refractivity contribution in [2.75, 3.05) is 0 Å². The standard InChI is InChI=1S/C8H2F3NO2/c9-5-3(2-12)1-4(8(13)14)6(10)7(5)11/h1H,(H,13,14). The van der Waals surface area contributed by atoms with E-state index in [1.54, 1.807) is 0 Å². The summed E-state index contributed by atoms with van der Waals surface area (Å²) in [6.07, 6.45) is 0. The lowest BCUT2D eigenvalue weighted by molar-refractivity contribution is 0.0690. The molecule has 1 aromatic rings. The van der Waals surface area contributed by atoms with Gasteiger partial charge in [-0.25, -0.2) is 18.0 Å². The summed E-state index contributed by atoms with van der Waals surface area (Å²) in [5, 5.41) is 16.6. The molecule has 0 aliphatic carbocycles. The lowest BCUT2D eigenvalue weighted by Gasteiger charge is -2.01. The molecule has 14 heavy (non-hydrogen) atoms. The Bertz CT molecular complexity index is 451. The number of halogens is 3. The topological polar surface area (TPSA) is 61.1 Å². The average Bonchev–Trinajstić information content (AvgIpc) is 2.14. The Kier molecular flexibility index (Phi) is 2.42. The third-order valence-electron chi connectivity index (χ3n) is 1.50. The molecule has 1 aromatic carbocycles. The summed E-state index contributed by atoms with van der Waals surface area (Å²) >= 11 is 0. The molecule has 0 bridgehead atoms. The van der Waals surface area contributed by atoms with Crippen molar-refractivity contribution in [2.45, 2.75) is 0 Å². The normalized spacial score (nSPS) is 9.57. The first kappa shape index (κ1) is 10.1. The lowest BCUT2D eigenvalue weighted by atomic mass is 10.1. The Morgan fingerprint density at radius 1 is 1.29 bits per heavy atom. The van der Waals surface area contributed by atoms with E-state index in [2.05, 4.69) is 0 Å². The fraction of sp³-hybridized carbons (Fsp3) is 0.